The van der Waals surface area contributed by atoms with Crippen LogP contribution >= 0.6 is 0 Å². The number of esters is 1. The van der Waals surface area contributed by atoms with Gasteiger partial charge >= 0.3 is 5.97 Å². The number of carbonyl (C=O) groups is 2. The number of anilines is 1. The number of rotatable bonds is 7. The molecule has 0 spiro atoms. The van der Waals surface area contributed by atoms with E-state index in [0.717, 1.165) is 16.3 Å². The highest BCUT2D eigenvalue weighted by Gasteiger charge is 2.20. The Morgan fingerprint density at radius 3 is 2.47 bits per heavy atom. The molecule has 0 saturated carbocycles. The van der Waals surface area contributed by atoms with Crippen LogP contribution in [0.15, 0.2) is 65.5 Å². The van der Waals surface area contributed by atoms with Crippen molar-refractivity contribution >= 4 is 17.6 Å². The monoisotopic (exact) mass is 407 g/mol. The molecule has 0 unspecified atom stereocenters. The molecule has 2 aromatic carbocycles. The molecular weight excluding hydrogens is 386 g/mol. The van der Waals surface area contributed by atoms with Crippen LogP contribution in [0, 0.1) is 6.92 Å². The topological polar surface area (TPSA) is 99.5 Å². The van der Waals surface area contributed by atoms with Crippen LogP contribution in [0.2, 0.25) is 0 Å². The Labute approximate surface area is 173 Å². The summed E-state index contributed by atoms with van der Waals surface area (Å²) in [7, 11) is 0. The van der Waals surface area contributed by atoms with Crippen molar-refractivity contribution in [1.82, 2.24) is 9.78 Å². The number of hydrogen-bond acceptors (Lipinski definition) is 6. The van der Waals surface area contributed by atoms with E-state index in [-0.39, 0.29) is 18.1 Å². The molecule has 1 aromatic heterocycles. The molecule has 0 atom stereocenters. The number of carbonyl (C=O) groups excluding carboxylic acids is 2. The number of aryl methyl sites for hydroxylation is 1. The second kappa shape index (κ2) is 9.51. The Morgan fingerprint density at radius 1 is 1.07 bits per heavy atom. The molecule has 1 heterocycles. The van der Waals surface area contributed by atoms with Gasteiger partial charge in [0.15, 0.2) is 12.4 Å². The van der Waals surface area contributed by atoms with Gasteiger partial charge in [-0.1, -0.05) is 36.4 Å². The van der Waals surface area contributed by atoms with Crippen molar-refractivity contribution in [3.63, 3.8) is 0 Å². The third kappa shape index (κ3) is 4.91. The third-order valence-corrected chi connectivity index (χ3v) is 4.14. The Bertz CT molecular complexity index is 1110. The summed E-state index contributed by atoms with van der Waals surface area (Å²) in [6.45, 7) is 3.24. The standard InChI is InChI=1S/C22H21N3O5/c1-3-29-22(28)21-18(13-20(27)25(24-21)16-10-5-4-6-11-16)30-14-19(26)23-17-12-8-7-9-15(17)2/h4-13H,3,14H2,1-2H3,(H,23,26). The lowest BCUT2D eigenvalue weighted by atomic mass is 10.2. The highest BCUT2D eigenvalue weighted by molar-refractivity contribution is 5.93. The van der Waals surface area contributed by atoms with E-state index in [1.807, 2.05) is 19.1 Å². The first-order valence-corrected chi connectivity index (χ1v) is 9.34. The first kappa shape index (κ1) is 20.8. The molecule has 1 N–H and O–H groups in total. The molecule has 3 rings (SSSR count). The molecule has 8 heteroatoms. The quantitative estimate of drug-likeness (QED) is 0.605. The van der Waals surface area contributed by atoms with Crippen molar-refractivity contribution < 1.29 is 19.1 Å². The van der Waals surface area contributed by atoms with E-state index in [4.69, 9.17) is 9.47 Å². The van der Waals surface area contributed by atoms with E-state index in [0.29, 0.717) is 11.4 Å². The zero-order chi connectivity index (χ0) is 21.5. The van der Waals surface area contributed by atoms with Gasteiger partial charge in [0.2, 0.25) is 5.69 Å². The second-order valence-electron chi connectivity index (χ2n) is 6.32. The summed E-state index contributed by atoms with van der Waals surface area (Å²) in [4.78, 5) is 37.1. The molecule has 0 saturated heterocycles. The molecule has 0 bridgehead atoms. The summed E-state index contributed by atoms with van der Waals surface area (Å²) in [5.74, 6) is -1.31. The van der Waals surface area contributed by atoms with E-state index in [1.165, 1.54) is 0 Å². The number of benzene rings is 2. The first-order valence-electron chi connectivity index (χ1n) is 9.34. The fourth-order valence-corrected chi connectivity index (χ4v) is 2.69. The molecule has 0 aliphatic heterocycles. The molecule has 30 heavy (non-hydrogen) atoms. The van der Waals surface area contributed by atoms with E-state index in [1.54, 1.807) is 49.4 Å². The van der Waals surface area contributed by atoms with Gasteiger partial charge in [-0.25, -0.2) is 4.79 Å². The van der Waals surface area contributed by atoms with Gasteiger partial charge in [-0.05, 0) is 37.6 Å². The molecule has 0 aliphatic rings. The van der Waals surface area contributed by atoms with Crippen LogP contribution in [-0.4, -0.2) is 34.9 Å². The number of hydrogen-bond donors (Lipinski definition) is 1. The Kier molecular flexibility index (Phi) is 6.59. The van der Waals surface area contributed by atoms with Crippen LogP contribution in [0.25, 0.3) is 5.69 Å². The Morgan fingerprint density at radius 2 is 1.77 bits per heavy atom. The van der Waals surface area contributed by atoms with Crippen molar-refractivity contribution in [2.75, 3.05) is 18.5 Å². The van der Waals surface area contributed by atoms with Gasteiger partial charge in [0.25, 0.3) is 11.5 Å². The summed E-state index contributed by atoms with van der Waals surface area (Å²) in [5.41, 5.74) is 1.32. The maximum absolute atomic E-state index is 12.5. The van der Waals surface area contributed by atoms with Crippen molar-refractivity contribution in [2.24, 2.45) is 0 Å². The van der Waals surface area contributed by atoms with E-state index >= 15 is 0 Å². The smallest absolute Gasteiger partial charge is 0.362 e. The van der Waals surface area contributed by atoms with E-state index < -0.39 is 24.0 Å². The number of para-hydroxylation sites is 2. The van der Waals surface area contributed by atoms with Gasteiger partial charge in [-0.2, -0.15) is 9.78 Å². The van der Waals surface area contributed by atoms with Crippen molar-refractivity contribution in [3.8, 4) is 11.4 Å². The van der Waals surface area contributed by atoms with Crippen molar-refractivity contribution in [2.45, 2.75) is 13.8 Å². The van der Waals surface area contributed by atoms with Crippen LogP contribution in [0.4, 0.5) is 5.69 Å². The van der Waals surface area contributed by atoms with Crippen molar-refractivity contribution in [1.29, 1.82) is 0 Å². The summed E-state index contributed by atoms with van der Waals surface area (Å²) in [6, 6.07) is 17.1. The molecule has 3 aromatic rings. The van der Waals surface area contributed by atoms with Gasteiger partial charge in [-0.3, -0.25) is 9.59 Å². The first-order chi connectivity index (χ1) is 14.5. The maximum Gasteiger partial charge on any atom is 0.362 e. The van der Waals surface area contributed by atoms with Gasteiger partial charge in [0, 0.05) is 5.69 Å². The Balaban J connectivity index is 1.85. The number of amides is 1. The zero-order valence-electron chi connectivity index (χ0n) is 16.6. The predicted molar refractivity (Wildman–Crippen MR) is 111 cm³/mol. The molecule has 1 amide bonds. The molecule has 154 valence electrons. The minimum Gasteiger partial charge on any atom is -0.481 e. The van der Waals surface area contributed by atoms with Gasteiger partial charge < -0.3 is 14.8 Å². The van der Waals surface area contributed by atoms with Crippen LogP contribution in [-0.2, 0) is 9.53 Å². The highest BCUT2D eigenvalue weighted by atomic mass is 16.5. The van der Waals surface area contributed by atoms with E-state index in [2.05, 4.69) is 10.4 Å². The minimum absolute atomic E-state index is 0.120. The average Bonchev–Trinajstić information content (AvgIpc) is 2.74. The largest absolute Gasteiger partial charge is 0.481 e. The van der Waals surface area contributed by atoms with Gasteiger partial charge in [0.1, 0.15) is 0 Å². The van der Waals surface area contributed by atoms with Crippen LogP contribution < -0.4 is 15.6 Å². The Hall–Kier alpha value is -3.94. The lowest BCUT2D eigenvalue weighted by Crippen LogP contribution is -2.27. The number of nitrogens with zero attached hydrogens (tertiary/aromatic N) is 2. The molecule has 0 aliphatic carbocycles. The number of ether oxygens (including phenoxy) is 2. The molecule has 0 fully saturated rings. The van der Waals surface area contributed by atoms with Gasteiger partial charge in [0.05, 0.1) is 18.4 Å². The SMILES string of the molecule is CCOC(=O)c1nn(-c2ccccc2)c(=O)cc1OCC(=O)Nc1ccccc1C. The summed E-state index contributed by atoms with van der Waals surface area (Å²) < 4.78 is 11.6. The van der Waals surface area contributed by atoms with Crippen LogP contribution in [0.3, 0.4) is 0 Å². The lowest BCUT2D eigenvalue weighted by molar-refractivity contribution is -0.118. The number of aromatic nitrogens is 2. The summed E-state index contributed by atoms with van der Waals surface area (Å²) in [5, 5.41) is 6.83. The highest BCUT2D eigenvalue weighted by Crippen LogP contribution is 2.17. The normalized spacial score (nSPS) is 10.3. The molecule has 8 nitrogen and oxygen atoms in total. The lowest BCUT2D eigenvalue weighted by Gasteiger charge is -2.13. The van der Waals surface area contributed by atoms with E-state index in [9.17, 15) is 14.4 Å². The zero-order valence-corrected chi connectivity index (χ0v) is 16.6. The number of nitrogens with one attached hydrogen (secondary N) is 1. The molecule has 0 radical (unpaired) electrons. The summed E-state index contributed by atoms with van der Waals surface area (Å²) in [6.07, 6.45) is 0. The fraction of sp³-hybridized carbons (Fsp3) is 0.182. The average molecular weight is 407 g/mol. The van der Waals surface area contributed by atoms with Crippen molar-refractivity contribution in [3.05, 3.63) is 82.3 Å². The van der Waals surface area contributed by atoms with Crippen LogP contribution in [0.1, 0.15) is 23.0 Å². The fourth-order valence-electron chi connectivity index (χ4n) is 2.69. The second-order valence-corrected chi connectivity index (χ2v) is 6.32. The predicted octanol–water partition coefficient (Wildman–Crippen LogP) is 2.74. The minimum atomic E-state index is -0.753. The maximum atomic E-state index is 12.5. The van der Waals surface area contributed by atoms with Crippen LogP contribution in [0.5, 0.6) is 5.75 Å². The third-order valence-electron chi connectivity index (χ3n) is 4.14. The summed E-state index contributed by atoms with van der Waals surface area (Å²) >= 11 is 0. The molecular formula is C22H21N3O5. The van der Waals surface area contributed by atoms with Gasteiger partial charge in [-0.15, -0.1) is 0 Å².